The van der Waals surface area contributed by atoms with Crippen molar-refractivity contribution < 1.29 is 9.53 Å². The minimum Gasteiger partial charge on any atom is -0.487 e. The number of rotatable bonds is 5. The molecule has 2 heterocycles. The highest BCUT2D eigenvalue weighted by molar-refractivity contribution is 6.08. The molecule has 4 rings (SSSR count). The molecule has 0 radical (unpaired) electrons. The van der Waals surface area contributed by atoms with Crippen LogP contribution in [0.5, 0.6) is 5.75 Å². The van der Waals surface area contributed by atoms with Gasteiger partial charge in [0, 0.05) is 23.5 Å². The van der Waals surface area contributed by atoms with Gasteiger partial charge in [-0.25, -0.2) is 4.98 Å². The lowest BCUT2D eigenvalue weighted by Crippen LogP contribution is -2.01. The van der Waals surface area contributed by atoms with Gasteiger partial charge in [-0.2, -0.15) is 0 Å². The molecule has 0 bridgehead atoms. The average molecular weight is 328 g/mol. The van der Waals surface area contributed by atoms with E-state index in [2.05, 4.69) is 4.98 Å². The number of carbonyl (C=O) groups excluding carboxylic acids is 1. The molecule has 0 aliphatic heterocycles. The summed E-state index contributed by atoms with van der Waals surface area (Å²) in [6.07, 6.45) is 3.90. The standard InChI is InChI=1S/C21H16N2O2/c24-21(16-6-2-1-3-7-16)17-9-11-19(12-10-17)25-15-18-14-23-13-5-4-8-20(23)22-18/h1-14H,15H2. The third kappa shape index (κ3) is 3.28. The smallest absolute Gasteiger partial charge is 0.193 e. The zero-order valence-corrected chi connectivity index (χ0v) is 13.5. The quantitative estimate of drug-likeness (QED) is 0.517. The van der Waals surface area contributed by atoms with Gasteiger partial charge >= 0.3 is 0 Å². The summed E-state index contributed by atoms with van der Waals surface area (Å²) in [6.45, 7) is 0.383. The Balaban J connectivity index is 1.44. The van der Waals surface area contributed by atoms with Crippen molar-refractivity contribution in [2.45, 2.75) is 6.61 Å². The molecule has 2 aromatic heterocycles. The van der Waals surface area contributed by atoms with E-state index in [0.29, 0.717) is 23.5 Å². The van der Waals surface area contributed by atoms with Crippen molar-refractivity contribution in [3.05, 3.63) is 102 Å². The number of aromatic nitrogens is 2. The third-order valence-electron chi connectivity index (χ3n) is 3.95. The van der Waals surface area contributed by atoms with Crippen LogP contribution in [0.3, 0.4) is 0 Å². The van der Waals surface area contributed by atoms with Crippen LogP contribution in [0.1, 0.15) is 21.6 Å². The molecular weight excluding hydrogens is 312 g/mol. The van der Waals surface area contributed by atoms with Crippen molar-refractivity contribution in [2.24, 2.45) is 0 Å². The molecule has 0 N–H and O–H groups in total. The molecule has 122 valence electrons. The summed E-state index contributed by atoms with van der Waals surface area (Å²) in [5.74, 6) is 0.717. The van der Waals surface area contributed by atoms with Gasteiger partial charge < -0.3 is 9.14 Å². The topological polar surface area (TPSA) is 43.6 Å². The highest BCUT2D eigenvalue weighted by atomic mass is 16.5. The van der Waals surface area contributed by atoms with Gasteiger partial charge in [-0.1, -0.05) is 36.4 Å². The second kappa shape index (κ2) is 6.61. The van der Waals surface area contributed by atoms with Gasteiger partial charge in [0.15, 0.2) is 5.78 Å². The van der Waals surface area contributed by atoms with E-state index in [4.69, 9.17) is 4.74 Å². The Hall–Kier alpha value is -3.40. The van der Waals surface area contributed by atoms with E-state index in [0.717, 1.165) is 11.3 Å². The van der Waals surface area contributed by atoms with Crippen LogP contribution >= 0.6 is 0 Å². The second-order valence-corrected chi connectivity index (χ2v) is 5.71. The maximum absolute atomic E-state index is 12.4. The fourth-order valence-electron chi connectivity index (χ4n) is 2.67. The van der Waals surface area contributed by atoms with E-state index in [-0.39, 0.29) is 5.78 Å². The Morgan fingerprint density at radius 1 is 0.880 bits per heavy atom. The van der Waals surface area contributed by atoms with Gasteiger partial charge in [0.1, 0.15) is 18.0 Å². The molecule has 0 saturated carbocycles. The molecular formula is C21H16N2O2. The van der Waals surface area contributed by atoms with Gasteiger partial charge in [0.05, 0.1) is 5.69 Å². The first-order valence-corrected chi connectivity index (χ1v) is 8.05. The number of carbonyl (C=O) groups is 1. The molecule has 0 spiro atoms. The fraction of sp³-hybridized carbons (Fsp3) is 0.0476. The van der Waals surface area contributed by atoms with E-state index in [1.165, 1.54) is 0 Å². The number of hydrogen-bond donors (Lipinski definition) is 0. The van der Waals surface area contributed by atoms with Crippen LogP contribution in [0.25, 0.3) is 5.65 Å². The summed E-state index contributed by atoms with van der Waals surface area (Å²) in [6, 6.07) is 22.3. The van der Waals surface area contributed by atoms with Crippen molar-refractivity contribution in [2.75, 3.05) is 0 Å². The number of ketones is 1. The number of fused-ring (bicyclic) bond motifs is 1. The van der Waals surface area contributed by atoms with E-state index in [1.807, 2.05) is 77.5 Å². The van der Waals surface area contributed by atoms with Crippen molar-refractivity contribution in [3.63, 3.8) is 0 Å². The lowest BCUT2D eigenvalue weighted by atomic mass is 10.0. The normalized spacial score (nSPS) is 10.7. The number of ether oxygens (including phenoxy) is 1. The molecule has 4 aromatic rings. The Morgan fingerprint density at radius 3 is 2.36 bits per heavy atom. The van der Waals surface area contributed by atoms with Gasteiger partial charge in [-0.05, 0) is 36.4 Å². The monoisotopic (exact) mass is 328 g/mol. The van der Waals surface area contributed by atoms with Crippen LogP contribution < -0.4 is 4.74 Å². The highest BCUT2D eigenvalue weighted by Gasteiger charge is 2.08. The molecule has 2 aromatic carbocycles. The number of pyridine rings is 1. The van der Waals surface area contributed by atoms with Crippen LogP contribution in [-0.4, -0.2) is 15.2 Å². The molecule has 25 heavy (non-hydrogen) atoms. The van der Waals surface area contributed by atoms with Crippen LogP contribution in [0.4, 0.5) is 0 Å². The maximum atomic E-state index is 12.4. The largest absolute Gasteiger partial charge is 0.487 e. The molecule has 0 aliphatic rings. The molecule has 0 unspecified atom stereocenters. The zero-order chi connectivity index (χ0) is 17.1. The van der Waals surface area contributed by atoms with E-state index in [1.54, 1.807) is 12.1 Å². The molecule has 0 amide bonds. The van der Waals surface area contributed by atoms with Gasteiger partial charge in [-0.3, -0.25) is 4.79 Å². The molecule has 0 aliphatic carbocycles. The van der Waals surface area contributed by atoms with Crippen molar-refractivity contribution >= 4 is 11.4 Å². The lowest BCUT2D eigenvalue weighted by Gasteiger charge is -2.05. The predicted molar refractivity (Wildman–Crippen MR) is 95.8 cm³/mol. The Labute approximate surface area is 145 Å². The van der Waals surface area contributed by atoms with E-state index in [9.17, 15) is 4.79 Å². The number of nitrogens with zero attached hydrogens (tertiary/aromatic N) is 2. The molecule has 4 heteroatoms. The van der Waals surface area contributed by atoms with Crippen LogP contribution in [0, 0.1) is 0 Å². The van der Waals surface area contributed by atoms with E-state index >= 15 is 0 Å². The van der Waals surface area contributed by atoms with Crippen molar-refractivity contribution in [1.29, 1.82) is 0 Å². The highest BCUT2D eigenvalue weighted by Crippen LogP contribution is 2.17. The number of hydrogen-bond acceptors (Lipinski definition) is 3. The number of benzene rings is 2. The minimum atomic E-state index is 0.00695. The summed E-state index contributed by atoms with van der Waals surface area (Å²) in [5.41, 5.74) is 3.08. The van der Waals surface area contributed by atoms with E-state index < -0.39 is 0 Å². The summed E-state index contributed by atoms with van der Waals surface area (Å²) >= 11 is 0. The molecule has 4 nitrogen and oxygen atoms in total. The van der Waals surface area contributed by atoms with Crippen LogP contribution in [0.2, 0.25) is 0 Å². The molecule has 0 atom stereocenters. The Morgan fingerprint density at radius 2 is 1.60 bits per heavy atom. The summed E-state index contributed by atoms with van der Waals surface area (Å²) in [5, 5.41) is 0. The van der Waals surface area contributed by atoms with Crippen LogP contribution in [-0.2, 0) is 6.61 Å². The number of imidazole rings is 1. The summed E-state index contributed by atoms with van der Waals surface area (Å²) < 4.78 is 7.73. The first-order chi connectivity index (χ1) is 12.3. The predicted octanol–water partition coefficient (Wildman–Crippen LogP) is 4.14. The van der Waals surface area contributed by atoms with Gasteiger partial charge in [0.25, 0.3) is 0 Å². The first kappa shape index (κ1) is 15.1. The van der Waals surface area contributed by atoms with Gasteiger partial charge in [0.2, 0.25) is 0 Å². The van der Waals surface area contributed by atoms with Gasteiger partial charge in [-0.15, -0.1) is 0 Å². The Bertz CT molecular complexity index is 972. The molecule has 0 fully saturated rings. The lowest BCUT2D eigenvalue weighted by molar-refractivity contribution is 0.103. The van der Waals surface area contributed by atoms with Crippen molar-refractivity contribution in [3.8, 4) is 5.75 Å². The third-order valence-corrected chi connectivity index (χ3v) is 3.95. The Kier molecular flexibility index (Phi) is 4.01. The molecule has 0 saturated heterocycles. The zero-order valence-electron chi connectivity index (χ0n) is 13.5. The SMILES string of the molecule is O=C(c1ccccc1)c1ccc(OCc2cn3ccccc3n2)cc1. The maximum Gasteiger partial charge on any atom is 0.193 e. The summed E-state index contributed by atoms with van der Waals surface area (Å²) in [7, 11) is 0. The second-order valence-electron chi connectivity index (χ2n) is 5.71. The minimum absolute atomic E-state index is 0.00695. The van der Waals surface area contributed by atoms with Crippen LogP contribution in [0.15, 0.2) is 85.2 Å². The summed E-state index contributed by atoms with van der Waals surface area (Å²) in [4.78, 5) is 16.9. The first-order valence-electron chi connectivity index (χ1n) is 8.05. The average Bonchev–Trinajstić information content (AvgIpc) is 3.10. The van der Waals surface area contributed by atoms with Crippen molar-refractivity contribution in [1.82, 2.24) is 9.38 Å². The fourth-order valence-corrected chi connectivity index (χ4v) is 2.67.